The van der Waals surface area contributed by atoms with Gasteiger partial charge in [-0.15, -0.1) is 0 Å². The van der Waals surface area contributed by atoms with Crippen LogP contribution in [0.5, 0.6) is 0 Å². The average molecular weight is 326 g/mol. The number of likely N-dealkylation sites (tertiary alicyclic amines) is 1. The molecule has 0 unspecified atom stereocenters. The summed E-state index contributed by atoms with van der Waals surface area (Å²) in [6, 6.07) is 12.9. The first-order valence-electron chi connectivity index (χ1n) is 8.40. The van der Waals surface area contributed by atoms with Gasteiger partial charge < -0.3 is 9.80 Å². The molecule has 6 nitrogen and oxygen atoms in total. The number of para-hydroxylation sites is 1. The minimum atomic E-state index is -0.362. The minimum absolute atomic E-state index is 0.0440. The normalized spacial score (nSPS) is 14.7. The topological polar surface area (TPSA) is 62.5 Å². The molecule has 0 spiro atoms. The quantitative estimate of drug-likeness (QED) is 0.574. The Hall–Kier alpha value is -2.47. The lowest BCUT2D eigenvalue weighted by atomic mass is 10.2. The van der Waals surface area contributed by atoms with Crippen LogP contribution in [0.3, 0.4) is 0 Å². The standard InChI is InChI=1S/C18H22N4O2/c23-22(24)17-10-6-11-19-18(17)21(16-8-2-1-3-9-16)15-7-14-20-12-4-5-13-20/h1-3,6,8-11H,4-5,7,12-15H2. The van der Waals surface area contributed by atoms with Crippen LogP contribution in [0.25, 0.3) is 0 Å². The first-order valence-corrected chi connectivity index (χ1v) is 8.40. The zero-order chi connectivity index (χ0) is 16.8. The van der Waals surface area contributed by atoms with Crippen LogP contribution in [0, 0.1) is 10.1 Å². The van der Waals surface area contributed by atoms with Crippen LogP contribution >= 0.6 is 0 Å². The highest BCUT2D eigenvalue weighted by Gasteiger charge is 2.22. The summed E-state index contributed by atoms with van der Waals surface area (Å²) in [6.45, 7) is 4.05. The molecule has 0 bridgehead atoms. The fourth-order valence-electron chi connectivity index (χ4n) is 3.16. The zero-order valence-electron chi connectivity index (χ0n) is 13.7. The molecule has 0 saturated carbocycles. The maximum absolute atomic E-state index is 11.4. The van der Waals surface area contributed by atoms with Crippen molar-refractivity contribution in [1.82, 2.24) is 9.88 Å². The van der Waals surface area contributed by atoms with Crippen molar-refractivity contribution in [3.63, 3.8) is 0 Å². The molecule has 1 aromatic carbocycles. The molecule has 1 aromatic heterocycles. The van der Waals surface area contributed by atoms with Crippen molar-refractivity contribution >= 4 is 17.2 Å². The van der Waals surface area contributed by atoms with E-state index < -0.39 is 0 Å². The van der Waals surface area contributed by atoms with Crippen molar-refractivity contribution in [3.05, 3.63) is 58.8 Å². The molecule has 2 aromatic rings. The Morgan fingerprint density at radius 1 is 1.12 bits per heavy atom. The zero-order valence-corrected chi connectivity index (χ0v) is 13.7. The first kappa shape index (κ1) is 16.4. The van der Waals surface area contributed by atoms with Gasteiger partial charge in [-0.05, 0) is 57.1 Å². The molecule has 1 fully saturated rings. The predicted molar refractivity (Wildman–Crippen MR) is 94.6 cm³/mol. The second-order valence-corrected chi connectivity index (χ2v) is 5.99. The fourth-order valence-corrected chi connectivity index (χ4v) is 3.16. The average Bonchev–Trinajstić information content (AvgIpc) is 3.13. The van der Waals surface area contributed by atoms with Gasteiger partial charge in [0.05, 0.1) is 4.92 Å². The summed E-state index contributed by atoms with van der Waals surface area (Å²) in [6.07, 6.45) is 5.10. The van der Waals surface area contributed by atoms with Crippen molar-refractivity contribution in [2.24, 2.45) is 0 Å². The van der Waals surface area contributed by atoms with Crippen LogP contribution in [-0.4, -0.2) is 41.0 Å². The molecular formula is C18H22N4O2. The third-order valence-corrected chi connectivity index (χ3v) is 4.34. The highest BCUT2D eigenvalue weighted by Crippen LogP contribution is 2.31. The Morgan fingerprint density at radius 2 is 1.88 bits per heavy atom. The molecule has 3 rings (SSSR count). The van der Waals surface area contributed by atoms with E-state index in [4.69, 9.17) is 0 Å². The van der Waals surface area contributed by atoms with E-state index in [1.54, 1.807) is 12.3 Å². The van der Waals surface area contributed by atoms with E-state index in [0.29, 0.717) is 12.4 Å². The Kier molecular flexibility index (Phi) is 5.38. The Balaban J connectivity index is 1.81. The minimum Gasteiger partial charge on any atom is -0.321 e. The van der Waals surface area contributed by atoms with Crippen molar-refractivity contribution < 1.29 is 4.92 Å². The first-order chi connectivity index (χ1) is 11.8. The molecule has 0 N–H and O–H groups in total. The van der Waals surface area contributed by atoms with Gasteiger partial charge >= 0.3 is 5.69 Å². The number of nitrogens with zero attached hydrogens (tertiary/aromatic N) is 4. The molecule has 0 atom stereocenters. The highest BCUT2D eigenvalue weighted by atomic mass is 16.6. The van der Waals surface area contributed by atoms with Crippen molar-refractivity contribution in [3.8, 4) is 0 Å². The van der Waals surface area contributed by atoms with E-state index in [1.165, 1.54) is 18.9 Å². The molecule has 1 aliphatic rings. The van der Waals surface area contributed by atoms with Gasteiger partial charge in [-0.3, -0.25) is 10.1 Å². The summed E-state index contributed by atoms with van der Waals surface area (Å²) in [7, 11) is 0. The van der Waals surface area contributed by atoms with Crippen LogP contribution in [-0.2, 0) is 0 Å². The van der Waals surface area contributed by atoms with E-state index in [9.17, 15) is 10.1 Å². The highest BCUT2D eigenvalue weighted by molar-refractivity contribution is 5.68. The molecule has 0 aliphatic carbocycles. The van der Waals surface area contributed by atoms with E-state index >= 15 is 0 Å². The summed E-state index contributed by atoms with van der Waals surface area (Å²) in [5, 5.41) is 11.4. The van der Waals surface area contributed by atoms with E-state index in [2.05, 4.69) is 9.88 Å². The Morgan fingerprint density at radius 3 is 2.58 bits per heavy atom. The smallest absolute Gasteiger partial charge is 0.311 e. The number of nitro groups is 1. The number of pyridine rings is 1. The maximum Gasteiger partial charge on any atom is 0.311 e. The number of anilines is 2. The van der Waals surface area contributed by atoms with Crippen LogP contribution in [0.4, 0.5) is 17.2 Å². The molecular weight excluding hydrogens is 304 g/mol. The summed E-state index contributed by atoms with van der Waals surface area (Å²) in [5.74, 6) is 0.412. The van der Waals surface area contributed by atoms with Gasteiger partial charge in [-0.2, -0.15) is 0 Å². The van der Waals surface area contributed by atoms with Crippen molar-refractivity contribution in [1.29, 1.82) is 0 Å². The SMILES string of the molecule is O=[N+]([O-])c1cccnc1N(CCCN1CCCC1)c1ccccc1. The molecule has 1 aliphatic heterocycles. The van der Waals surface area contributed by atoms with Gasteiger partial charge in [0, 0.05) is 24.5 Å². The van der Waals surface area contributed by atoms with Crippen molar-refractivity contribution in [2.75, 3.05) is 31.1 Å². The van der Waals surface area contributed by atoms with Gasteiger partial charge in [0.25, 0.3) is 0 Å². The van der Waals surface area contributed by atoms with Gasteiger partial charge in [0.2, 0.25) is 5.82 Å². The molecule has 126 valence electrons. The van der Waals surface area contributed by atoms with E-state index in [1.807, 2.05) is 35.2 Å². The van der Waals surface area contributed by atoms with Crippen LogP contribution < -0.4 is 4.90 Å². The van der Waals surface area contributed by atoms with E-state index in [0.717, 1.165) is 31.7 Å². The van der Waals surface area contributed by atoms with Crippen LogP contribution in [0.1, 0.15) is 19.3 Å². The molecule has 6 heteroatoms. The molecule has 1 saturated heterocycles. The van der Waals surface area contributed by atoms with Gasteiger partial charge in [0.1, 0.15) is 0 Å². The molecule has 24 heavy (non-hydrogen) atoms. The maximum atomic E-state index is 11.4. The molecule has 0 amide bonds. The number of rotatable bonds is 7. The summed E-state index contributed by atoms with van der Waals surface area (Å²) < 4.78 is 0. The molecule has 2 heterocycles. The second-order valence-electron chi connectivity index (χ2n) is 5.99. The second kappa shape index (κ2) is 7.88. The fraction of sp³-hybridized carbons (Fsp3) is 0.389. The predicted octanol–water partition coefficient (Wildman–Crippen LogP) is 3.61. The number of aromatic nitrogens is 1. The third-order valence-electron chi connectivity index (χ3n) is 4.34. The summed E-state index contributed by atoms with van der Waals surface area (Å²) in [4.78, 5) is 19.7. The largest absolute Gasteiger partial charge is 0.321 e. The molecule has 0 radical (unpaired) electrons. The third kappa shape index (κ3) is 3.89. The Bertz CT molecular complexity index is 672. The van der Waals surface area contributed by atoms with Gasteiger partial charge in [0.15, 0.2) is 0 Å². The Labute approximate surface area is 141 Å². The van der Waals surface area contributed by atoms with Gasteiger partial charge in [-0.1, -0.05) is 18.2 Å². The van der Waals surface area contributed by atoms with E-state index in [-0.39, 0.29) is 10.6 Å². The lowest BCUT2D eigenvalue weighted by molar-refractivity contribution is -0.384. The lowest BCUT2D eigenvalue weighted by Gasteiger charge is -2.24. The summed E-state index contributed by atoms with van der Waals surface area (Å²) >= 11 is 0. The van der Waals surface area contributed by atoms with Crippen LogP contribution in [0.15, 0.2) is 48.7 Å². The number of benzene rings is 1. The number of hydrogen-bond acceptors (Lipinski definition) is 5. The van der Waals surface area contributed by atoms with Gasteiger partial charge in [-0.25, -0.2) is 4.98 Å². The number of hydrogen-bond donors (Lipinski definition) is 0. The van der Waals surface area contributed by atoms with Crippen LogP contribution in [0.2, 0.25) is 0 Å². The lowest BCUT2D eigenvalue weighted by Crippen LogP contribution is -2.26. The summed E-state index contributed by atoms with van der Waals surface area (Å²) in [5.41, 5.74) is 0.975. The van der Waals surface area contributed by atoms with Crippen molar-refractivity contribution in [2.45, 2.75) is 19.3 Å². The monoisotopic (exact) mass is 326 g/mol.